The first-order valence-corrected chi connectivity index (χ1v) is 12.2. The van der Waals surface area contributed by atoms with Crippen molar-refractivity contribution in [3.63, 3.8) is 0 Å². The molecular formula is C26H31N3O6. The van der Waals surface area contributed by atoms with Gasteiger partial charge in [-0.2, -0.15) is 0 Å². The van der Waals surface area contributed by atoms with Crippen molar-refractivity contribution < 1.29 is 28.5 Å². The average molecular weight is 482 g/mol. The molecule has 1 aliphatic carbocycles. The second-order valence-electron chi connectivity index (χ2n) is 9.16. The van der Waals surface area contributed by atoms with Crippen LogP contribution in [0.15, 0.2) is 54.6 Å². The van der Waals surface area contributed by atoms with Gasteiger partial charge in [0, 0.05) is 11.7 Å². The standard InChI is InChI=1S/C26H31N3O6/c30-25(27-17-7-3-1-4-8-17)29-21-15-32-24-22(16-33-23(21)24)35-26(31)28-18-11-13-20(14-12-18)34-19-9-5-2-6-10-19/h2,5-6,9-14,17,21-24H,1,3-4,7-8,15-16H2,(H,28,31)(H2,27,29,30)/t21-,22+,23+,24+/m0/s1. The maximum absolute atomic E-state index is 12.5. The van der Waals surface area contributed by atoms with Crippen LogP contribution in [0.5, 0.6) is 11.5 Å². The summed E-state index contributed by atoms with van der Waals surface area (Å²) >= 11 is 0. The summed E-state index contributed by atoms with van der Waals surface area (Å²) in [6.07, 6.45) is 3.67. The summed E-state index contributed by atoms with van der Waals surface area (Å²) in [7, 11) is 0. The number of anilines is 1. The molecule has 2 aromatic rings. The van der Waals surface area contributed by atoms with Gasteiger partial charge in [0.1, 0.15) is 23.7 Å². The third-order valence-electron chi connectivity index (χ3n) is 6.60. The lowest BCUT2D eigenvalue weighted by molar-refractivity contribution is 0.00871. The Labute approximate surface area is 204 Å². The lowest BCUT2D eigenvalue weighted by Crippen LogP contribution is -2.51. The molecule has 3 fully saturated rings. The average Bonchev–Trinajstić information content (AvgIpc) is 3.45. The molecule has 35 heavy (non-hydrogen) atoms. The van der Waals surface area contributed by atoms with Crippen molar-refractivity contribution in [2.24, 2.45) is 0 Å². The van der Waals surface area contributed by atoms with E-state index in [2.05, 4.69) is 16.0 Å². The van der Waals surface area contributed by atoms with Crippen molar-refractivity contribution in [2.75, 3.05) is 18.5 Å². The molecule has 3 amide bonds. The number of carbonyl (C=O) groups excluding carboxylic acids is 2. The molecular weight excluding hydrogens is 450 g/mol. The maximum Gasteiger partial charge on any atom is 0.412 e. The highest BCUT2D eigenvalue weighted by Crippen LogP contribution is 2.29. The number of carbonyl (C=O) groups is 2. The first-order chi connectivity index (χ1) is 17.1. The fourth-order valence-electron chi connectivity index (χ4n) is 4.85. The van der Waals surface area contributed by atoms with Crippen molar-refractivity contribution in [3.05, 3.63) is 54.6 Å². The van der Waals surface area contributed by atoms with E-state index < -0.39 is 18.3 Å². The molecule has 0 bridgehead atoms. The van der Waals surface area contributed by atoms with Gasteiger partial charge in [-0.15, -0.1) is 0 Å². The Morgan fingerprint density at radius 1 is 0.800 bits per heavy atom. The molecule has 1 saturated carbocycles. The molecule has 4 atom stereocenters. The molecule has 3 N–H and O–H groups in total. The highest BCUT2D eigenvalue weighted by molar-refractivity contribution is 5.84. The number of rotatable bonds is 6. The quantitative estimate of drug-likeness (QED) is 0.571. The zero-order valence-corrected chi connectivity index (χ0v) is 19.5. The molecule has 0 aromatic heterocycles. The smallest absolute Gasteiger partial charge is 0.412 e. The van der Waals surface area contributed by atoms with E-state index in [0.717, 1.165) is 31.4 Å². The van der Waals surface area contributed by atoms with Crippen molar-refractivity contribution in [2.45, 2.75) is 62.5 Å². The number of para-hydroxylation sites is 1. The number of amides is 3. The summed E-state index contributed by atoms with van der Waals surface area (Å²) in [5.74, 6) is 1.40. The Bertz CT molecular complexity index is 996. The van der Waals surface area contributed by atoms with Gasteiger partial charge in [0.15, 0.2) is 6.10 Å². The summed E-state index contributed by atoms with van der Waals surface area (Å²) in [6, 6.07) is 16.2. The predicted molar refractivity (Wildman–Crippen MR) is 129 cm³/mol. The monoisotopic (exact) mass is 481 g/mol. The van der Waals surface area contributed by atoms with Gasteiger partial charge < -0.3 is 29.6 Å². The highest BCUT2D eigenvalue weighted by Gasteiger charge is 2.50. The van der Waals surface area contributed by atoms with E-state index in [-0.39, 0.29) is 30.8 Å². The van der Waals surface area contributed by atoms with Gasteiger partial charge in [-0.05, 0) is 49.2 Å². The van der Waals surface area contributed by atoms with Gasteiger partial charge in [-0.1, -0.05) is 37.5 Å². The number of benzene rings is 2. The summed E-state index contributed by atoms with van der Waals surface area (Å²) in [5.41, 5.74) is 0.581. The lowest BCUT2D eigenvalue weighted by Gasteiger charge is -2.24. The third-order valence-corrected chi connectivity index (χ3v) is 6.60. The summed E-state index contributed by atoms with van der Waals surface area (Å²) in [5, 5.41) is 8.74. The van der Waals surface area contributed by atoms with Gasteiger partial charge in [-0.3, -0.25) is 5.32 Å². The van der Waals surface area contributed by atoms with E-state index in [1.807, 2.05) is 30.3 Å². The molecule has 186 valence electrons. The maximum atomic E-state index is 12.5. The fourth-order valence-corrected chi connectivity index (χ4v) is 4.85. The first-order valence-electron chi connectivity index (χ1n) is 12.2. The van der Waals surface area contributed by atoms with Gasteiger partial charge >= 0.3 is 12.1 Å². The largest absolute Gasteiger partial charge is 0.457 e. The van der Waals surface area contributed by atoms with E-state index >= 15 is 0 Å². The van der Waals surface area contributed by atoms with Crippen LogP contribution >= 0.6 is 0 Å². The number of nitrogens with one attached hydrogen (secondary N) is 3. The van der Waals surface area contributed by atoms with Crippen LogP contribution in [0.1, 0.15) is 32.1 Å². The molecule has 2 aromatic carbocycles. The number of ether oxygens (including phenoxy) is 4. The Morgan fingerprint density at radius 2 is 1.51 bits per heavy atom. The Kier molecular flexibility index (Phi) is 7.34. The minimum atomic E-state index is -0.592. The molecule has 2 aliphatic heterocycles. The molecule has 0 unspecified atom stereocenters. The SMILES string of the molecule is O=C(NC1CCCCC1)N[C@H]1CO[C@H]2[C@@H]1OC[C@H]2OC(=O)Nc1ccc(Oc2ccccc2)cc1. The summed E-state index contributed by atoms with van der Waals surface area (Å²) in [6.45, 7) is 0.535. The number of hydrogen-bond donors (Lipinski definition) is 3. The van der Waals surface area contributed by atoms with Crippen LogP contribution in [0.4, 0.5) is 15.3 Å². The van der Waals surface area contributed by atoms with Crippen molar-refractivity contribution >= 4 is 17.8 Å². The van der Waals surface area contributed by atoms with Crippen molar-refractivity contribution in [3.8, 4) is 11.5 Å². The van der Waals surface area contributed by atoms with E-state index in [1.54, 1.807) is 24.3 Å². The molecule has 0 radical (unpaired) electrons. The van der Waals surface area contributed by atoms with Crippen LogP contribution in [0.25, 0.3) is 0 Å². The summed E-state index contributed by atoms with van der Waals surface area (Å²) < 4.78 is 23.0. The molecule has 3 aliphatic rings. The van der Waals surface area contributed by atoms with Crippen LogP contribution in [-0.4, -0.2) is 55.7 Å². The van der Waals surface area contributed by atoms with E-state index in [1.165, 1.54) is 6.42 Å². The Hall–Kier alpha value is -3.30. The number of hydrogen-bond acceptors (Lipinski definition) is 6. The van der Waals surface area contributed by atoms with Gasteiger partial charge in [0.25, 0.3) is 0 Å². The molecule has 9 nitrogen and oxygen atoms in total. The second kappa shape index (κ2) is 11.0. The van der Waals surface area contributed by atoms with Crippen LogP contribution in [0, 0.1) is 0 Å². The number of fused-ring (bicyclic) bond motifs is 1. The lowest BCUT2D eigenvalue weighted by atomic mass is 9.96. The van der Waals surface area contributed by atoms with Crippen molar-refractivity contribution in [1.82, 2.24) is 10.6 Å². The molecule has 2 heterocycles. The fraction of sp³-hybridized carbons (Fsp3) is 0.462. The normalized spacial score (nSPS) is 25.9. The Morgan fingerprint density at radius 3 is 2.29 bits per heavy atom. The highest BCUT2D eigenvalue weighted by atomic mass is 16.6. The van der Waals surface area contributed by atoms with Gasteiger partial charge in [0.2, 0.25) is 0 Å². The molecule has 2 saturated heterocycles. The van der Waals surface area contributed by atoms with Crippen LogP contribution in [0.2, 0.25) is 0 Å². The molecule has 0 spiro atoms. The zero-order valence-electron chi connectivity index (χ0n) is 19.5. The van der Waals surface area contributed by atoms with E-state index in [9.17, 15) is 9.59 Å². The molecule has 9 heteroatoms. The number of urea groups is 1. The van der Waals surface area contributed by atoms with Gasteiger partial charge in [-0.25, -0.2) is 9.59 Å². The van der Waals surface area contributed by atoms with E-state index in [4.69, 9.17) is 18.9 Å². The summed E-state index contributed by atoms with van der Waals surface area (Å²) in [4.78, 5) is 24.9. The second-order valence-corrected chi connectivity index (χ2v) is 9.16. The zero-order chi connectivity index (χ0) is 24.0. The minimum absolute atomic E-state index is 0.198. The minimum Gasteiger partial charge on any atom is -0.457 e. The van der Waals surface area contributed by atoms with Crippen LogP contribution < -0.4 is 20.7 Å². The topological polar surface area (TPSA) is 107 Å². The van der Waals surface area contributed by atoms with Crippen molar-refractivity contribution in [1.29, 1.82) is 0 Å². The third kappa shape index (κ3) is 6.04. The van der Waals surface area contributed by atoms with E-state index in [0.29, 0.717) is 18.0 Å². The predicted octanol–water partition coefficient (Wildman–Crippen LogP) is 4.19. The van der Waals surface area contributed by atoms with Gasteiger partial charge in [0.05, 0.1) is 19.3 Å². The van der Waals surface area contributed by atoms with Crippen LogP contribution in [-0.2, 0) is 14.2 Å². The molecule has 5 rings (SSSR count). The van der Waals surface area contributed by atoms with Crippen LogP contribution in [0.3, 0.4) is 0 Å². The first kappa shape index (κ1) is 23.4. The Balaban J connectivity index is 1.07.